The van der Waals surface area contributed by atoms with Crippen LogP contribution in [0.1, 0.15) is 31.9 Å². The Morgan fingerprint density at radius 2 is 1.71 bits per heavy atom. The van der Waals surface area contributed by atoms with Gasteiger partial charge in [-0.3, -0.25) is 14.2 Å². The average Bonchev–Trinajstić information content (AvgIpc) is 3.15. The van der Waals surface area contributed by atoms with Crippen molar-refractivity contribution in [3.63, 3.8) is 0 Å². The van der Waals surface area contributed by atoms with Crippen molar-refractivity contribution in [3.05, 3.63) is 85.0 Å². The number of benzene rings is 2. The van der Waals surface area contributed by atoms with Crippen molar-refractivity contribution in [2.24, 2.45) is 0 Å². The minimum atomic E-state index is -0.450. The lowest BCUT2D eigenvalue weighted by atomic mass is 9.87. The van der Waals surface area contributed by atoms with Gasteiger partial charge in [-0.25, -0.2) is 4.39 Å². The molecule has 4 rings (SSSR count). The van der Waals surface area contributed by atoms with Crippen LogP contribution in [0.15, 0.2) is 53.3 Å². The highest BCUT2D eigenvalue weighted by Crippen LogP contribution is 2.22. The predicted molar refractivity (Wildman–Crippen MR) is 134 cm³/mol. The second kappa shape index (κ2) is 9.98. The Labute approximate surface area is 206 Å². The number of aromatic nitrogens is 1. The van der Waals surface area contributed by atoms with Gasteiger partial charge in [-0.2, -0.15) is 5.26 Å². The molecule has 1 amide bonds. The van der Waals surface area contributed by atoms with Crippen molar-refractivity contribution in [1.29, 1.82) is 5.26 Å². The van der Waals surface area contributed by atoms with Crippen molar-refractivity contribution in [1.82, 2.24) is 9.47 Å². The molecule has 180 valence electrons. The van der Waals surface area contributed by atoms with E-state index >= 15 is 0 Å². The van der Waals surface area contributed by atoms with Gasteiger partial charge in [-0.05, 0) is 46.9 Å². The Balaban J connectivity index is 1.93. The monoisotopic (exact) mass is 491 g/mol. The van der Waals surface area contributed by atoms with Crippen LogP contribution in [0.3, 0.4) is 0 Å². The lowest BCUT2D eigenvalue weighted by Gasteiger charge is -2.26. The van der Waals surface area contributed by atoms with Gasteiger partial charge in [0.25, 0.3) is 11.5 Å². The number of ether oxygens (including phenoxy) is 1. The molecule has 0 atom stereocenters. The van der Waals surface area contributed by atoms with Crippen molar-refractivity contribution >= 4 is 28.9 Å². The first-order chi connectivity index (χ1) is 16.7. The summed E-state index contributed by atoms with van der Waals surface area (Å²) in [6.45, 7) is 7.91. The number of carbonyl (C=O) groups is 1. The van der Waals surface area contributed by atoms with Gasteiger partial charge in [0.05, 0.1) is 23.4 Å². The summed E-state index contributed by atoms with van der Waals surface area (Å²) in [5.41, 5.74) is 1.88. The third-order valence-corrected chi connectivity index (χ3v) is 6.91. The highest BCUT2D eigenvalue weighted by atomic mass is 32.1. The second-order valence-corrected chi connectivity index (χ2v) is 10.3. The van der Waals surface area contributed by atoms with Gasteiger partial charge in [0.1, 0.15) is 16.5 Å². The topological polar surface area (TPSA) is 75.3 Å². The van der Waals surface area contributed by atoms with Crippen molar-refractivity contribution < 1.29 is 13.9 Å². The predicted octanol–water partition coefficient (Wildman–Crippen LogP) is 2.70. The number of amides is 1. The van der Waals surface area contributed by atoms with E-state index in [2.05, 4.69) is 20.8 Å². The summed E-state index contributed by atoms with van der Waals surface area (Å²) in [6, 6.07) is 15.3. The maximum absolute atomic E-state index is 13.6. The molecule has 1 fully saturated rings. The summed E-state index contributed by atoms with van der Waals surface area (Å²) in [6.07, 6.45) is 1.75. The molecule has 0 radical (unpaired) electrons. The van der Waals surface area contributed by atoms with Gasteiger partial charge in [0.2, 0.25) is 0 Å². The summed E-state index contributed by atoms with van der Waals surface area (Å²) in [7, 11) is 0. The first-order valence-electron chi connectivity index (χ1n) is 11.3. The van der Waals surface area contributed by atoms with E-state index in [9.17, 15) is 19.2 Å². The summed E-state index contributed by atoms with van der Waals surface area (Å²) < 4.78 is 20.8. The van der Waals surface area contributed by atoms with Crippen LogP contribution in [0.2, 0.25) is 0 Å². The van der Waals surface area contributed by atoms with Crippen LogP contribution in [0.5, 0.6) is 0 Å². The van der Waals surface area contributed by atoms with Crippen LogP contribution >= 0.6 is 11.3 Å². The zero-order valence-corrected chi connectivity index (χ0v) is 20.7. The average molecular weight is 492 g/mol. The van der Waals surface area contributed by atoms with Crippen LogP contribution in [-0.2, 0) is 14.9 Å². The zero-order valence-electron chi connectivity index (χ0n) is 19.9. The van der Waals surface area contributed by atoms with Gasteiger partial charge in [-0.15, -0.1) is 11.3 Å². The fourth-order valence-corrected chi connectivity index (χ4v) is 4.91. The zero-order chi connectivity index (χ0) is 25.2. The van der Waals surface area contributed by atoms with Gasteiger partial charge >= 0.3 is 0 Å². The van der Waals surface area contributed by atoms with Crippen molar-refractivity contribution in [2.45, 2.75) is 26.2 Å². The smallest absolute Gasteiger partial charge is 0.273 e. The van der Waals surface area contributed by atoms with Gasteiger partial charge in [0, 0.05) is 13.1 Å². The highest BCUT2D eigenvalue weighted by Gasteiger charge is 2.24. The SMILES string of the molecule is CC(C)(C)c1ccc(/C=c2\s/c(=C(/C#N)C(=O)N3CCOCC3)n(-c3ccc(F)cc3)c2=O)cc1. The Morgan fingerprint density at radius 1 is 1.09 bits per heavy atom. The number of carbonyl (C=O) groups excluding carboxylic acids is 1. The Kier molecular flexibility index (Phi) is 7.01. The molecule has 6 nitrogen and oxygen atoms in total. The molecule has 1 saturated heterocycles. The number of hydrogen-bond donors (Lipinski definition) is 0. The minimum absolute atomic E-state index is 0.000438. The van der Waals surface area contributed by atoms with Crippen molar-refractivity contribution in [2.75, 3.05) is 26.3 Å². The first-order valence-corrected chi connectivity index (χ1v) is 12.1. The highest BCUT2D eigenvalue weighted by molar-refractivity contribution is 7.07. The molecule has 0 aliphatic carbocycles. The second-order valence-electron chi connectivity index (χ2n) is 9.30. The van der Waals surface area contributed by atoms with Crippen LogP contribution in [0.4, 0.5) is 4.39 Å². The normalized spacial score (nSPS) is 15.6. The van der Waals surface area contributed by atoms with E-state index in [-0.39, 0.29) is 21.2 Å². The molecule has 3 aromatic rings. The van der Waals surface area contributed by atoms with E-state index in [4.69, 9.17) is 4.74 Å². The van der Waals surface area contributed by atoms with E-state index < -0.39 is 11.7 Å². The van der Waals surface area contributed by atoms with E-state index in [0.29, 0.717) is 36.5 Å². The molecule has 8 heteroatoms. The van der Waals surface area contributed by atoms with Gasteiger partial charge in [0.15, 0.2) is 5.57 Å². The third kappa shape index (κ3) is 5.26. The lowest BCUT2D eigenvalue weighted by Crippen LogP contribution is -2.42. The van der Waals surface area contributed by atoms with Crippen LogP contribution in [-0.4, -0.2) is 41.7 Å². The van der Waals surface area contributed by atoms with Gasteiger partial charge < -0.3 is 9.64 Å². The number of nitrogens with zero attached hydrogens (tertiary/aromatic N) is 3. The molecule has 0 bridgehead atoms. The molecular formula is C27H26FN3O3S. The molecule has 1 aliphatic rings. The van der Waals surface area contributed by atoms with Crippen LogP contribution in [0, 0.1) is 17.1 Å². The summed E-state index contributed by atoms with van der Waals surface area (Å²) >= 11 is 1.08. The summed E-state index contributed by atoms with van der Waals surface area (Å²) in [5.74, 6) is -0.896. The Hall–Kier alpha value is -3.54. The fourth-order valence-electron chi connectivity index (χ4n) is 3.82. The summed E-state index contributed by atoms with van der Waals surface area (Å²) in [4.78, 5) is 28.3. The molecule has 0 spiro atoms. The van der Waals surface area contributed by atoms with Crippen LogP contribution < -0.4 is 14.8 Å². The molecule has 1 aliphatic heterocycles. The fraction of sp³-hybridized carbons (Fsp3) is 0.296. The molecule has 35 heavy (non-hydrogen) atoms. The van der Waals surface area contributed by atoms with E-state index in [1.54, 1.807) is 11.0 Å². The number of morpholine rings is 1. The largest absolute Gasteiger partial charge is 0.378 e. The molecule has 1 aromatic heterocycles. The third-order valence-electron chi connectivity index (χ3n) is 5.82. The number of hydrogen-bond acceptors (Lipinski definition) is 5. The lowest BCUT2D eigenvalue weighted by molar-refractivity contribution is -0.128. The standard InChI is InChI=1S/C27H26FN3O3S/c1-27(2,3)19-6-4-18(5-7-19)16-23-25(33)31(21-10-8-20(28)9-11-21)26(35-23)22(17-29)24(32)30-12-14-34-15-13-30/h4-11,16H,12-15H2,1-3H3/b23-16-,26-22-. The number of halogens is 1. The number of nitriles is 1. The minimum Gasteiger partial charge on any atom is -0.378 e. The maximum atomic E-state index is 13.6. The number of rotatable bonds is 3. The summed E-state index contributed by atoms with van der Waals surface area (Å²) in [5, 5.41) is 9.95. The van der Waals surface area contributed by atoms with Crippen LogP contribution in [0.25, 0.3) is 17.3 Å². The first kappa shape index (κ1) is 24.6. The number of thiazole rings is 1. The molecule has 0 saturated carbocycles. The van der Waals surface area contributed by atoms with E-state index in [0.717, 1.165) is 16.9 Å². The molecule has 0 N–H and O–H groups in total. The quantitative estimate of drug-likeness (QED) is 0.565. The molecule has 2 aromatic carbocycles. The Bertz CT molecular complexity index is 1450. The van der Waals surface area contributed by atoms with Crippen molar-refractivity contribution in [3.8, 4) is 11.8 Å². The van der Waals surface area contributed by atoms with E-state index in [1.165, 1.54) is 34.4 Å². The van der Waals surface area contributed by atoms with Gasteiger partial charge in [-0.1, -0.05) is 45.0 Å². The Morgan fingerprint density at radius 3 is 2.29 bits per heavy atom. The molecular weight excluding hydrogens is 465 g/mol. The van der Waals surface area contributed by atoms with E-state index in [1.807, 2.05) is 30.3 Å². The molecule has 2 heterocycles. The maximum Gasteiger partial charge on any atom is 0.273 e. The molecule has 0 unspecified atom stereocenters.